The second-order valence-electron chi connectivity index (χ2n) is 5.78. The first kappa shape index (κ1) is 17.9. The molecule has 6 nitrogen and oxygen atoms in total. The van der Waals surface area contributed by atoms with Crippen molar-refractivity contribution in [2.45, 2.75) is 19.9 Å². The number of furan rings is 1. The molecule has 0 atom stereocenters. The average Bonchev–Trinajstić information content (AvgIpc) is 3.12. The maximum absolute atomic E-state index is 12.5. The Hall–Kier alpha value is -2.86. The second-order valence-corrected chi connectivity index (χ2v) is 6.22. The van der Waals surface area contributed by atoms with E-state index >= 15 is 0 Å². The van der Waals surface area contributed by atoms with Gasteiger partial charge in [-0.3, -0.25) is 9.59 Å². The third-order valence-corrected chi connectivity index (χ3v) is 4.03. The maximum Gasteiger partial charge on any atom is 0.258 e. The number of aromatic nitrogens is 2. The van der Waals surface area contributed by atoms with E-state index in [0.29, 0.717) is 34.1 Å². The smallest absolute Gasteiger partial charge is 0.258 e. The minimum atomic E-state index is -0.253. The van der Waals surface area contributed by atoms with Gasteiger partial charge in [-0.1, -0.05) is 18.5 Å². The molecular formula is C19H18ClN3O3. The third kappa shape index (κ3) is 4.21. The summed E-state index contributed by atoms with van der Waals surface area (Å²) >= 11 is 5.98. The zero-order valence-corrected chi connectivity index (χ0v) is 15.0. The fourth-order valence-electron chi connectivity index (χ4n) is 2.60. The van der Waals surface area contributed by atoms with E-state index in [1.807, 2.05) is 6.92 Å². The lowest BCUT2D eigenvalue weighted by atomic mass is 10.2. The Balaban J connectivity index is 1.84. The van der Waals surface area contributed by atoms with Gasteiger partial charge in [0, 0.05) is 17.6 Å². The number of carbonyl (C=O) groups is 1. The Kier molecular flexibility index (Phi) is 5.53. The maximum atomic E-state index is 12.5. The van der Waals surface area contributed by atoms with Gasteiger partial charge in [0.05, 0.1) is 23.7 Å². The molecular weight excluding hydrogens is 354 g/mol. The fourth-order valence-corrected chi connectivity index (χ4v) is 2.77. The first-order chi connectivity index (χ1) is 12.6. The molecule has 2 heterocycles. The molecule has 0 aliphatic heterocycles. The Morgan fingerprint density at radius 1 is 1.38 bits per heavy atom. The lowest BCUT2D eigenvalue weighted by Crippen LogP contribution is -2.31. The molecule has 3 rings (SSSR count). The number of aromatic amines is 1. The molecule has 0 spiro atoms. The van der Waals surface area contributed by atoms with Crippen LogP contribution in [0.15, 0.2) is 51.9 Å². The SMILES string of the molecule is CCCN(Cc1nc2cc(Cl)ccc2c(=O)[nH]1)C(=O)/C=C/c1ccco1. The predicted octanol–water partition coefficient (Wildman–Crippen LogP) is 3.62. The first-order valence-electron chi connectivity index (χ1n) is 8.26. The summed E-state index contributed by atoms with van der Waals surface area (Å²) < 4.78 is 5.19. The van der Waals surface area contributed by atoms with Crippen molar-refractivity contribution >= 4 is 34.5 Å². The van der Waals surface area contributed by atoms with Crippen molar-refractivity contribution in [1.82, 2.24) is 14.9 Å². The standard InChI is InChI=1S/C19H18ClN3O3/c1-2-9-23(18(24)8-6-14-4-3-10-26-14)12-17-21-16-11-13(20)5-7-15(16)19(25)22-17/h3-8,10-11H,2,9,12H2,1H3,(H,21,22,25)/b8-6+. The van der Waals surface area contributed by atoms with E-state index in [9.17, 15) is 9.59 Å². The van der Waals surface area contributed by atoms with Gasteiger partial charge in [0.25, 0.3) is 5.56 Å². The number of amides is 1. The summed E-state index contributed by atoms with van der Waals surface area (Å²) in [5.41, 5.74) is 0.253. The zero-order valence-electron chi connectivity index (χ0n) is 14.2. The van der Waals surface area contributed by atoms with Gasteiger partial charge in [-0.2, -0.15) is 0 Å². The van der Waals surface area contributed by atoms with E-state index < -0.39 is 0 Å². The van der Waals surface area contributed by atoms with Crippen LogP contribution < -0.4 is 5.56 Å². The van der Waals surface area contributed by atoms with Gasteiger partial charge < -0.3 is 14.3 Å². The topological polar surface area (TPSA) is 79.2 Å². The number of hydrogen-bond acceptors (Lipinski definition) is 4. The fraction of sp³-hybridized carbons (Fsp3) is 0.211. The summed E-state index contributed by atoms with van der Waals surface area (Å²) in [5.74, 6) is 0.830. The summed E-state index contributed by atoms with van der Waals surface area (Å²) in [6, 6.07) is 8.43. The Morgan fingerprint density at radius 2 is 2.23 bits per heavy atom. The molecule has 0 radical (unpaired) electrons. The van der Waals surface area contributed by atoms with Crippen molar-refractivity contribution in [2.24, 2.45) is 0 Å². The number of fused-ring (bicyclic) bond motifs is 1. The van der Waals surface area contributed by atoms with E-state index in [1.165, 1.54) is 6.08 Å². The van der Waals surface area contributed by atoms with Crippen LogP contribution >= 0.6 is 11.6 Å². The van der Waals surface area contributed by atoms with Crippen LogP contribution in [-0.4, -0.2) is 27.3 Å². The Morgan fingerprint density at radius 3 is 2.96 bits per heavy atom. The van der Waals surface area contributed by atoms with Crippen LogP contribution in [0.2, 0.25) is 5.02 Å². The summed E-state index contributed by atoms with van der Waals surface area (Å²) in [5, 5.41) is 0.966. The van der Waals surface area contributed by atoms with Crippen LogP contribution in [0.1, 0.15) is 24.9 Å². The number of halogens is 1. The summed E-state index contributed by atoms with van der Waals surface area (Å²) in [7, 11) is 0. The molecule has 0 saturated heterocycles. The molecule has 0 fully saturated rings. The number of benzene rings is 1. The first-order valence-corrected chi connectivity index (χ1v) is 8.63. The molecule has 0 bridgehead atoms. The van der Waals surface area contributed by atoms with Crippen LogP contribution in [0.3, 0.4) is 0 Å². The molecule has 3 aromatic rings. The van der Waals surface area contributed by atoms with Gasteiger partial charge in [-0.15, -0.1) is 0 Å². The van der Waals surface area contributed by atoms with Gasteiger partial charge in [-0.25, -0.2) is 4.98 Å². The van der Waals surface area contributed by atoms with Crippen LogP contribution in [0.4, 0.5) is 0 Å². The molecule has 1 aromatic carbocycles. The van der Waals surface area contributed by atoms with Gasteiger partial charge >= 0.3 is 0 Å². The highest BCUT2D eigenvalue weighted by molar-refractivity contribution is 6.31. The molecule has 2 aromatic heterocycles. The number of rotatable bonds is 6. The zero-order chi connectivity index (χ0) is 18.5. The number of carbonyl (C=O) groups excluding carboxylic acids is 1. The minimum absolute atomic E-state index is 0.183. The van der Waals surface area contributed by atoms with Gasteiger partial charge in [-0.05, 0) is 42.8 Å². The Labute approximate surface area is 155 Å². The summed E-state index contributed by atoms with van der Waals surface area (Å²) in [4.78, 5) is 33.5. The van der Waals surface area contributed by atoms with E-state index in [2.05, 4.69) is 9.97 Å². The monoisotopic (exact) mass is 371 g/mol. The molecule has 7 heteroatoms. The van der Waals surface area contributed by atoms with Crippen molar-refractivity contribution in [2.75, 3.05) is 6.54 Å². The van der Waals surface area contributed by atoms with E-state index in [0.717, 1.165) is 6.42 Å². The van der Waals surface area contributed by atoms with Crippen LogP contribution in [0, 0.1) is 0 Å². The van der Waals surface area contributed by atoms with E-state index in [-0.39, 0.29) is 18.0 Å². The van der Waals surface area contributed by atoms with Gasteiger partial charge in [0.1, 0.15) is 11.6 Å². The summed E-state index contributed by atoms with van der Waals surface area (Å²) in [6.45, 7) is 2.72. The average molecular weight is 372 g/mol. The number of nitrogens with one attached hydrogen (secondary N) is 1. The molecule has 26 heavy (non-hydrogen) atoms. The second kappa shape index (κ2) is 8.01. The van der Waals surface area contributed by atoms with Gasteiger partial charge in [0.15, 0.2) is 0 Å². The molecule has 1 N–H and O–H groups in total. The van der Waals surface area contributed by atoms with Gasteiger partial charge in [0.2, 0.25) is 5.91 Å². The molecule has 1 amide bonds. The molecule has 0 aliphatic carbocycles. The van der Waals surface area contributed by atoms with Crippen LogP contribution in [0.5, 0.6) is 0 Å². The van der Waals surface area contributed by atoms with Crippen molar-refractivity contribution in [3.05, 3.63) is 69.6 Å². The lowest BCUT2D eigenvalue weighted by Gasteiger charge is -2.20. The number of nitrogens with zero attached hydrogens (tertiary/aromatic N) is 2. The number of hydrogen-bond donors (Lipinski definition) is 1. The minimum Gasteiger partial charge on any atom is -0.465 e. The molecule has 0 saturated carbocycles. The van der Waals surface area contributed by atoms with Crippen molar-refractivity contribution in [3.63, 3.8) is 0 Å². The van der Waals surface area contributed by atoms with Crippen molar-refractivity contribution in [3.8, 4) is 0 Å². The highest BCUT2D eigenvalue weighted by Gasteiger charge is 2.13. The number of H-pyrrole nitrogens is 1. The van der Waals surface area contributed by atoms with Crippen LogP contribution in [0.25, 0.3) is 17.0 Å². The third-order valence-electron chi connectivity index (χ3n) is 3.80. The summed E-state index contributed by atoms with van der Waals surface area (Å²) in [6.07, 6.45) is 5.39. The van der Waals surface area contributed by atoms with Crippen LogP contribution in [-0.2, 0) is 11.3 Å². The van der Waals surface area contributed by atoms with Crippen molar-refractivity contribution < 1.29 is 9.21 Å². The quantitative estimate of drug-likeness (QED) is 0.671. The molecule has 0 unspecified atom stereocenters. The lowest BCUT2D eigenvalue weighted by molar-refractivity contribution is -0.126. The van der Waals surface area contributed by atoms with E-state index in [4.69, 9.17) is 16.0 Å². The largest absolute Gasteiger partial charge is 0.465 e. The van der Waals surface area contributed by atoms with E-state index in [1.54, 1.807) is 47.6 Å². The Bertz CT molecular complexity index is 993. The predicted molar refractivity (Wildman–Crippen MR) is 101 cm³/mol. The normalized spacial score (nSPS) is 11.3. The molecule has 0 aliphatic rings. The highest BCUT2D eigenvalue weighted by Crippen LogP contribution is 2.15. The van der Waals surface area contributed by atoms with Crippen molar-refractivity contribution in [1.29, 1.82) is 0 Å². The molecule has 134 valence electrons. The highest BCUT2D eigenvalue weighted by atomic mass is 35.5.